The van der Waals surface area contributed by atoms with Crippen LogP contribution in [-0.4, -0.2) is 97.3 Å². The van der Waals surface area contributed by atoms with E-state index in [-0.39, 0.29) is 42.5 Å². The maximum absolute atomic E-state index is 12.8. The van der Waals surface area contributed by atoms with Crippen LogP contribution < -0.4 is 31.7 Å². The molecular weight excluding hydrogens is 456 g/mol. The number of benzene rings is 1. The molecule has 1 amide bonds. The molecule has 1 aromatic rings. The molecule has 0 saturated carbocycles. The van der Waals surface area contributed by atoms with E-state index >= 15 is 0 Å². The number of aliphatic hydroxyl groups excluding tert-OH is 1. The number of nitrogens with zero attached hydrogens (tertiary/aromatic N) is 3. The van der Waals surface area contributed by atoms with Crippen LogP contribution in [0.2, 0.25) is 0 Å². The fraction of sp³-hybridized carbons (Fsp3) is 0.731. The molecule has 0 aromatic heterocycles. The number of nitrogens with one attached hydrogen (secondary N) is 5. The molecule has 4 heterocycles. The maximum Gasteiger partial charge on any atom is 0.242 e. The van der Waals surface area contributed by atoms with Crippen LogP contribution >= 0.6 is 0 Å². The number of amides is 1. The van der Waals surface area contributed by atoms with Gasteiger partial charge in [0.1, 0.15) is 6.29 Å². The Morgan fingerprint density at radius 2 is 1.67 bits per heavy atom. The van der Waals surface area contributed by atoms with Crippen LogP contribution in [-0.2, 0) is 4.79 Å². The summed E-state index contributed by atoms with van der Waals surface area (Å²) in [6.07, 6.45) is 4.91. The van der Waals surface area contributed by atoms with Crippen molar-refractivity contribution in [2.24, 2.45) is 5.92 Å². The first-order valence-electron chi connectivity index (χ1n) is 13.7. The first kappa shape index (κ1) is 25.7. The molecule has 4 aliphatic rings. The van der Waals surface area contributed by atoms with Gasteiger partial charge in [-0.05, 0) is 51.0 Å². The van der Waals surface area contributed by atoms with Gasteiger partial charge in [0.15, 0.2) is 0 Å². The molecule has 200 valence electrons. The van der Waals surface area contributed by atoms with E-state index in [1.54, 1.807) is 0 Å². The van der Waals surface area contributed by atoms with Gasteiger partial charge in [0.2, 0.25) is 5.91 Å². The lowest BCUT2D eigenvalue weighted by molar-refractivity contribution is -0.132. The number of piperazine rings is 1. The number of rotatable bonds is 6. The van der Waals surface area contributed by atoms with E-state index < -0.39 is 0 Å². The van der Waals surface area contributed by atoms with Gasteiger partial charge in [-0.3, -0.25) is 30.7 Å². The first-order valence-corrected chi connectivity index (χ1v) is 13.7. The quantitative estimate of drug-likeness (QED) is 0.329. The summed E-state index contributed by atoms with van der Waals surface area (Å²) in [6.45, 7) is 11.0. The Morgan fingerprint density at radius 1 is 0.972 bits per heavy atom. The summed E-state index contributed by atoms with van der Waals surface area (Å²) in [6, 6.07) is 8.64. The highest BCUT2D eigenvalue weighted by Gasteiger charge is 2.45. The van der Waals surface area contributed by atoms with Crippen molar-refractivity contribution >= 4 is 17.3 Å². The third-order valence-corrected chi connectivity index (χ3v) is 8.42. The predicted octanol–water partition coefficient (Wildman–Crippen LogP) is 0.289. The van der Waals surface area contributed by atoms with E-state index in [0.29, 0.717) is 6.54 Å². The number of anilines is 2. The van der Waals surface area contributed by atoms with Crippen LogP contribution in [0.15, 0.2) is 24.3 Å². The Balaban J connectivity index is 1.24. The third-order valence-electron chi connectivity index (χ3n) is 8.42. The Hall–Kier alpha value is -1.95. The summed E-state index contributed by atoms with van der Waals surface area (Å²) in [4.78, 5) is 20.1. The molecule has 4 unspecified atom stereocenters. The summed E-state index contributed by atoms with van der Waals surface area (Å²) in [7, 11) is 0. The zero-order valence-electron chi connectivity index (χ0n) is 21.8. The van der Waals surface area contributed by atoms with Gasteiger partial charge in [0.05, 0.1) is 18.7 Å². The molecule has 6 N–H and O–H groups in total. The number of hydrogen-bond donors (Lipinski definition) is 6. The highest BCUT2D eigenvalue weighted by atomic mass is 16.3. The molecule has 4 aliphatic heterocycles. The predicted molar refractivity (Wildman–Crippen MR) is 142 cm³/mol. The van der Waals surface area contributed by atoms with Gasteiger partial charge in [-0.15, -0.1) is 0 Å². The van der Waals surface area contributed by atoms with Gasteiger partial charge in [-0.1, -0.05) is 12.8 Å². The number of aliphatic hydroxyl groups is 1. The molecule has 0 radical (unpaired) electrons. The van der Waals surface area contributed by atoms with E-state index in [0.717, 1.165) is 45.0 Å². The van der Waals surface area contributed by atoms with E-state index in [1.165, 1.54) is 31.4 Å². The van der Waals surface area contributed by atoms with Crippen LogP contribution in [0, 0.1) is 5.92 Å². The zero-order valence-corrected chi connectivity index (χ0v) is 21.8. The highest BCUT2D eigenvalue weighted by Crippen LogP contribution is 2.26. The van der Waals surface area contributed by atoms with Gasteiger partial charge >= 0.3 is 0 Å². The molecule has 36 heavy (non-hydrogen) atoms. The molecular formula is C26H44N8O2. The van der Waals surface area contributed by atoms with E-state index in [1.807, 2.05) is 0 Å². The molecule has 0 aliphatic carbocycles. The van der Waals surface area contributed by atoms with E-state index in [2.05, 4.69) is 79.6 Å². The molecule has 5 rings (SSSR count). The van der Waals surface area contributed by atoms with Gasteiger partial charge in [-0.2, -0.15) is 0 Å². The molecule has 0 bridgehead atoms. The Kier molecular flexibility index (Phi) is 7.99. The minimum absolute atomic E-state index is 0.0124. The van der Waals surface area contributed by atoms with Crippen molar-refractivity contribution in [3.63, 3.8) is 0 Å². The molecule has 4 fully saturated rings. The lowest BCUT2D eigenvalue weighted by Gasteiger charge is -2.48. The topological polar surface area (TPSA) is 107 Å². The summed E-state index contributed by atoms with van der Waals surface area (Å²) in [5.74, 6) is -0.199. The van der Waals surface area contributed by atoms with Gasteiger partial charge in [-0.25, -0.2) is 5.43 Å². The molecule has 1 aromatic carbocycles. The number of hydrazine groups is 1. The lowest BCUT2D eigenvalue weighted by atomic mass is 9.91. The van der Waals surface area contributed by atoms with Crippen molar-refractivity contribution in [3.05, 3.63) is 24.3 Å². The molecule has 10 nitrogen and oxygen atoms in total. The Bertz CT molecular complexity index is 865. The van der Waals surface area contributed by atoms with E-state index in [9.17, 15) is 9.90 Å². The number of hydrogen-bond acceptors (Lipinski definition) is 9. The van der Waals surface area contributed by atoms with Crippen LogP contribution in [0.3, 0.4) is 0 Å². The molecule has 0 spiro atoms. The third kappa shape index (κ3) is 5.64. The number of carbonyl (C=O) groups is 1. The second kappa shape index (κ2) is 11.2. The SMILES string of the molecule is CC(C)(CO)N1CCN(c2ccc(NC3NC(N4CCCCCC4)NC4CNNC(=O)C43)cc2)CC1. The standard InChI is InChI=1S/C26H44N8O2/c1-26(2,18-35)34-15-13-32(14-16-34)20-9-7-19(8-10-20)28-23-22-21(17-27-31-24(22)36)29-25(30-23)33-11-5-3-4-6-12-33/h7-10,21-23,25,27-30,35H,3-6,11-18H2,1-2H3,(H,31,36). The molecule has 10 heteroatoms. The van der Waals surface area contributed by atoms with Crippen molar-refractivity contribution in [2.45, 2.75) is 63.6 Å². The number of fused-ring (bicyclic) bond motifs is 1. The number of carbonyl (C=O) groups excluding carboxylic acids is 1. The van der Waals surface area contributed by atoms with Gasteiger partial charge in [0, 0.05) is 68.8 Å². The van der Waals surface area contributed by atoms with Crippen molar-refractivity contribution in [2.75, 3.05) is 62.6 Å². The monoisotopic (exact) mass is 500 g/mol. The van der Waals surface area contributed by atoms with Crippen molar-refractivity contribution in [3.8, 4) is 0 Å². The average molecular weight is 501 g/mol. The Labute approximate surface area is 215 Å². The normalized spacial score (nSPS) is 30.9. The molecule has 4 atom stereocenters. The van der Waals surface area contributed by atoms with Crippen molar-refractivity contribution in [1.82, 2.24) is 31.3 Å². The van der Waals surface area contributed by atoms with Crippen LogP contribution in [0.4, 0.5) is 11.4 Å². The first-order chi connectivity index (χ1) is 17.4. The minimum Gasteiger partial charge on any atom is -0.394 e. The van der Waals surface area contributed by atoms with Crippen LogP contribution in [0.5, 0.6) is 0 Å². The fourth-order valence-electron chi connectivity index (χ4n) is 6.03. The van der Waals surface area contributed by atoms with E-state index in [4.69, 9.17) is 0 Å². The molecule has 4 saturated heterocycles. The number of likely N-dealkylation sites (tertiary alicyclic amines) is 1. The second-order valence-corrected chi connectivity index (χ2v) is 11.3. The minimum atomic E-state index is -0.211. The summed E-state index contributed by atoms with van der Waals surface area (Å²) in [5.41, 5.74) is 7.92. The average Bonchev–Trinajstić information content (AvgIpc) is 3.19. The second-order valence-electron chi connectivity index (χ2n) is 11.3. The van der Waals surface area contributed by atoms with Crippen molar-refractivity contribution < 1.29 is 9.90 Å². The largest absolute Gasteiger partial charge is 0.394 e. The van der Waals surface area contributed by atoms with Crippen molar-refractivity contribution in [1.29, 1.82) is 0 Å². The zero-order chi connectivity index (χ0) is 25.1. The van der Waals surface area contributed by atoms with Gasteiger partial charge in [0.25, 0.3) is 0 Å². The maximum atomic E-state index is 12.8. The smallest absolute Gasteiger partial charge is 0.242 e. The summed E-state index contributed by atoms with van der Waals surface area (Å²) >= 11 is 0. The van der Waals surface area contributed by atoms with Gasteiger partial charge < -0.3 is 15.3 Å². The Morgan fingerprint density at radius 3 is 2.33 bits per heavy atom. The van der Waals surface area contributed by atoms with Crippen LogP contribution in [0.1, 0.15) is 39.5 Å². The lowest BCUT2D eigenvalue weighted by Crippen LogP contribution is -2.76. The summed E-state index contributed by atoms with van der Waals surface area (Å²) in [5, 5.41) is 20.7. The fourth-order valence-corrected chi connectivity index (χ4v) is 6.03. The highest BCUT2D eigenvalue weighted by molar-refractivity contribution is 5.81. The summed E-state index contributed by atoms with van der Waals surface area (Å²) < 4.78 is 0. The van der Waals surface area contributed by atoms with Crippen LogP contribution in [0.25, 0.3) is 0 Å².